The Morgan fingerprint density at radius 3 is 2.73 bits per heavy atom. The maximum Gasteiger partial charge on any atom is 0.410 e. The molecule has 2 aromatic heterocycles. The van der Waals surface area contributed by atoms with E-state index in [-0.39, 0.29) is 33.1 Å². The zero-order valence-corrected chi connectivity index (χ0v) is 18.7. The van der Waals surface area contributed by atoms with Crippen LogP contribution in [0.15, 0.2) is 40.2 Å². The fourth-order valence-corrected chi connectivity index (χ4v) is 4.99. The van der Waals surface area contributed by atoms with Crippen LogP contribution in [0.4, 0.5) is 24.7 Å². The van der Waals surface area contributed by atoms with Gasteiger partial charge in [-0.3, -0.25) is 4.79 Å². The van der Waals surface area contributed by atoms with Crippen LogP contribution in [-0.4, -0.2) is 21.9 Å². The number of thiophene rings is 1. The van der Waals surface area contributed by atoms with Gasteiger partial charge in [0.05, 0.1) is 21.2 Å². The molecule has 30 heavy (non-hydrogen) atoms. The molecule has 5 nitrogen and oxygen atoms in total. The topological polar surface area (TPSA) is 59.0 Å². The van der Waals surface area contributed by atoms with Crippen molar-refractivity contribution in [1.82, 2.24) is 9.78 Å². The molecule has 2 atom stereocenters. The number of fused-ring (bicyclic) bond motifs is 1. The quantitative estimate of drug-likeness (QED) is 0.379. The third-order valence-electron chi connectivity index (χ3n) is 4.58. The second-order valence-electron chi connectivity index (χ2n) is 6.54. The third-order valence-corrected chi connectivity index (χ3v) is 6.86. The Morgan fingerprint density at radius 1 is 1.33 bits per heavy atom. The molecule has 0 saturated heterocycles. The Balaban J connectivity index is 1.70. The van der Waals surface area contributed by atoms with Crippen molar-refractivity contribution in [1.29, 1.82) is 0 Å². The average Bonchev–Trinajstić information content (AvgIpc) is 3.31. The molecule has 0 saturated carbocycles. The smallest absolute Gasteiger partial charge is 0.362 e. The number of alkyl halides is 3. The predicted molar refractivity (Wildman–Crippen MR) is 115 cm³/mol. The molecule has 0 spiro atoms. The summed E-state index contributed by atoms with van der Waals surface area (Å²) in [5.41, 5.74) is 0.0744. The molecule has 0 bridgehead atoms. The van der Waals surface area contributed by atoms with Crippen molar-refractivity contribution in [2.24, 2.45) is 0 Å². The summed E-state index contributed by atoms with van der Waals surface area (Å²) in [6.07, 6.45) is -4.78. The number of amides is 1. The van der Waals surface area contributed by atoms with Gasteiger partial charge < -0.3 is 10.6 Å². The highest BCUT2D eigenvalue weighted by Gasteiger charge is 2.48. The molecule has 1 aromatic carbocycles. The highest BCUT2D eigenvalue weighted by atomic mass is 79.9. The lowest BCUT2D eigenvalue weighted by atomic mass is 10.0. The number of hydrogen-bond acceptors (Lipinski definition) is 4. The van der Waals surface area contributed by atoms with E-state index in [1.54, 1.807) is 17.5 Å². The number of hydrogen-bond donors (Lipinski definition) is 2. The normalized spacial score (nSPS) is 18.6. The summed E-state index contributed by atoms with van der Waals surface area (Å²) in [5.74, 6) is -0.613. The molecule has 0 radical (unpaired) electrons. The lowest BCUT2D eigenvalue weighted by Crippen LogP contribution is -2.35. The maximum absolute atomic E-state index is 13.8. The van der Waals surface area contributed by atoms with Crippen LogP contribution in [0.1, 0.15) is 33.9 Å². The molecular formula is C18H12BrCl2F3N4OS. The summed E-state index contributed by atoms with van der Waals surface area (Å²) in [6.45, 7) is 0. The van der Waals surface area contributed by atoms with E-state index in [1.165, 1.54) is 29.5 Å². The van der Waals surface area contributed by atoms with E-state index < -0.39 is 24.2 Å². The van der Waals surface area contributed by atoms with Gasteiger partial charge in [-0.2, -0.15) is 18.3 Å². The van der Waals surface area contributed by atoms with E-state index in [1.807, 2.05) is 0 Å². The van der Waals surface area contributed by atoms with Crippen molar-refractivity contribution >= 4 is 67.9 Å². The van der Waals surface area contributed by atoms with Crippen LogP contribution >= 0.6 is 50.5 Å². The molecule has 1 amide bonds. The van der Waals surface area contributed by atoms with Gasteiger partial charge in [-0.1, -0.05) is 29.3 Å². The zero-order valence-electron chi connectivity index (χ0n) is 14.8. The Hall–Kier alpha value is -1.75. The summed E-state index contributed by atoms with van der Waals surface area (Å²) in [4.78, 5) is 13.5. The zero-order chi connectivity index (χ0) is 21.6. The number of benzene rings is 1. The Bertz CT molecular complexity index is 1100. The highest BCUT2D eigenvalue weighted by Crippen LogP contribution is 2.47. The minimum atomic E-state index is -4.54. The number of rotatable bonds is 3. The summed E-state index contributed by atoms with van der Waals surface area (Å²) < 4.78 is 42.3. The standard InChI is InChI=1S/C18H12BrCl2F3N4OS/c19-14-15(17(29)26-10-4-3-8(20)6-9(10)21)27-28-13(18(22,23)24)7-11(25-16(14)28)12-2-1-5-30-12/h1-6,11,13,25H,7H2,(H,26,29)/t11-,13+/m1/s1. The van der Waals surface area contributed by atoms with Gasteiger partial charge in [-0.15, -0.1) is 11.3 Å². The highest BCUT2D eigenvalue weighted by molar-refractivity contribution is 9.10. The molecule has 2 N–H and O–H groups in total. The van der Waals surface area contributed by atoms with Gasteiger partial charge in [0.2, 0.25) is 0 Å². The van der Waals surface area contributed by atoms with E-state index in [4.69, 9.17) is 23.2 Å². The first kappa shape index (κ1) is 21.5. The van der Waals surface area contributed by atoms with E-state index in [0.29, 0.717) is 5.02 Å². The van der Waals surface area contributed by atoms with Gasteiger partial charge in [0, 0.05) is 16.3 Å². The lowest BCUT2D eigenvalue weighted by molar-refractivity contribution is -0.173. The molecule has 1 aliphatic heterocycles. The monoisotopic (exact) mass is 538 g/mol. The van der Waals surface area contributed by atoms with E-state index in [0.717, 1.165) is 9.56 Å². The molecule has 3 aromatic rings. The van der Waals surface area contributed by atoms with Gasteiger partial charge >= 0.3 is 6.18 Å². The van der Waals surface area contributed by atoms with Crippen molar-refractivity contribution in [2.45, 2.75) is 24.7 Å². The van der Waals surface area contributed by atoms with Crippen molar-refractivity contribution in [3.05, 3.63) is 60.8 Å². The predicted octanol–water partition coefficient (Wildman–Crippen LogP) is 6.93. The van der Waals surface area contributed by atoms with E-state index in [2.05, 4.69) is 31.7 Å². The second kappa shape index (κ2) is 8.07. The van der Waals surface area contributed by atoms with E-state index >= 15 is 0 Å². The number of anilines is 2. The number of nitrogens with zero attached hydrogens (tertiary/aromatic N) is 2. The van der Waals surface area contributed by atoms with Gasteiger partial charge in [0.1, 0.15) is 5.82 Å². The van der Waals surface area contributed by atoms with Crippen LogP contribution < -0.4 is 10.6 Å². The number of aromatic nitrogens is 2. The summed E-state index contributed by atoms with van der Waals surface area (Å²) in [6, 6.07) is 5.58. The van der Waals surface area contributed by atoms with Crippen molar-refractivity contribution in [2.75, 3.05) is 10.6 Å². The number of carbonyl (C=O) groups excluding carboxylic acids is 1. The van der Waals surface area contributed by atoms with Crippen LogP contribution in [0.2, 0.25) is 10.0 Å². The molecule has 0 unspecified atom stereocenters. The molecule has 1 aliphatic rings. The van der Waals surface area contributed by atoms with Crippen LogP contribution in [-0.2, 0) is 0 Å². The van der Waals surface area contributed by atoms with Gasteiger partial charge in [-0.05, 0) is 45.6 Å². The number of halogens is 6. The molecular weight excluding hydrogens is 528 g/mol. The summed E-state index contributed by atoms with van der Waals surface area (Å²) >= 11 is 16.5. The second-order valence-corrected chi connectivity index (χ2v) is 9.16. The fourth-order valence-electron chi connectivity index (χ4n) is 3.18. The number of nitrogens with one attached hydrogen (secondary N) is 2. The van der Waals surface area contributed by atoms with Gasteiger partial charge in [0.15, 0.2) is 11.7 Å². The molecule has 0 aliphatic carbocycles. The third kappa shape index (κ3) is 4.05. The first-order chi connectivity index (χ1) is 14.1. The summed E-state index contributed by atoms with van der Waals surface area (Å²) in [7, 11) is 0. The minimum Gasteiger partial charge on any atom is -0.362 e. The fraction of sp³-hybridized carbons (Fsp3) is 0.222. The van der Waals surface area contributed by atoms with Crippen molar-refractivity contribution < 1.29 is 18.0 Å². The first-order valence-corrected chi connectivity index (χ1v) is 11.0. The molecule has 4 rings (SSSR count). The largest absolute Gasteiger partial charge is 0.410 e. The number of carbonyl (C=O) groups is 1. The maximum atomic E-state index is 13.8. The van der Waals surface area contributed by atoms with Gasteiger partial charge in [-0.25, -0.2) is 4.68 Å². The molecule has 3 heterocycles. The Kier molecular flexibility index (Phi) is 5.78. The van der Waals surface area contributed by atoms with Crippen LogP contribution in [0.5, 0.6) is 0 Å². The summed E-state index contributed by atoms with van der Waals surface area (Å²) in [5, 5.41) is 12.0. The molecule has 12 heteroatoms. The molecule has 0 fully saturated rings. The Morgan fingerprint density at radius 2 is 2.10 bits per heavy atom. The van der Waals surface area contributed by atoms with Crippen LogP contribution in [0, 0.1) is 0 Å². The Labute approximate surface area is 191 Å². The minimum absolute atomic E-state index is 0.0920. The van der Waals surface area contributed by atoms with Crippen LogP contribution in [0.3, 0.4) is 0 Å². The van der Waals surface area contributed by atoms with E-state index in [9.17, 15) is 18.0 Å². The first-order valence-electron chi connectivity index (χ1n) is 8.56. The molecule has 158 valence electrons. The van der Waals surface area contributed by atoms with Crippen molar-refractivity contribution in [3.8, 4) is 0 Å². The van der Waals surface area contributed by atoms with Crippen molar-refractivity contribution in [3.63, 3.8) is 0 Å². The SMILES string of the molecule is O=C(Nc1ccc(Cl)cc1Cl)c1nn2c(c1Br)N[C@@H](c1cccs1)C[C@H]2C(F)(F)F. The lowest BCUT2D eigenvalue weighted by Gasteiger charge is -2.33. The van der Waals surface area contributed by atoms with Gasteiger partial charge in [0.25, 0.3) is 5.91 Å². The average molecular weight is 540 g/mol. The van der Waals surface area contributed by atoms with Crippen LogP contribution in [0.25, 0.3) is 0 Å².